The first kappa shape index (κ1) is 14.8. The number of furan rings is 1. The third-order valence-electron chi connectivity index (χ3n) is 3.61. The predicted molar refractivity (Wildman–Crippen MR) is 82.2 cm³/mol. The smallest absolute Gasteiger partial charge is 0.118 e. The van der Waals surface area contributed by atoms with Crippen LogP contribution in [0.1, 0.15) is 36.5 Å². The van der Waals surface area contributed by atoms with Crippen LogP contribution in [0.4, 0.5) is 0 Å². The van der Waals surface area contributed by atoms with Crippen molar-refractivity contribution in [2.24, 2.45) is 5.73 Å². The summed E-state index contributed by atoms with van der Waals surface area (Å²) in [6.45, 7) is 8.67. The molecule has 0 saturated heterocycles. The molecule has 0 spiro atoms. The zero-order valence-electron chi connectivity index (χ0n) is 12.6. The Balaban J connectivity index is 2.09. The molecule has 0 saturated carbocycles. The fourth-order valence-electron chi connectivity index (χ4n) is 2.31. The van der Waals surface area contributed by atoms with Crippen LogP contribution in [0.2, 0.25) is 0 Å². The van der Waals surface area contributed by atoms with Crippen molar-refractivity contribution in [2.75, 3.05) is 0 Å². The number of nitrogens with zero attached hydrogens (tertiary/aromatic N) is 1. The van der Waals surface area contributed by atoms with E-state index in [1.165, 1.54) is 5.56 Å². The standard InChI is InChI=1S/C17H24N2O/c1-13(2)19(11-15-7-5-4-6-8-15)12-17-9-16(10-18)14(3)20-17/h4-9,13H,10-12,18H2,1-3H3. The number of aryl methyl sites for hydroxylation is 1. The first-order valence-electron chi connectivity index (χ1n) is 7.16. The second-order valence-corrected chi connectivity index (χ2v) is 5.48. The lowest BCUT2D eigenvalue weighted by Gasteiger charge is -2.25. The second-order valence-electron chi connectivity index (χ2n) is 5.48. The van der Waals surface area contributed by atoms with Crippen LogP contribution in [-0.2, 0) is 19.6 Å². The largest absolute Gasteiger partial charge is 0.465 e. The molecule has 20 heavy (non-hydrogen) atoms. The number of benzene rings is 1. The monoisotopic (exact) mass is 272 g/mol. The lowest BCUT2D eigenvalue weighted by molar-refractivity contribution is 0.187. The Morgan fingerprint density at radius 2 is 1.85 bits per heavy atom. The quantitative estimate of drug-likeness (QED) is 0.875. The second kappa shape index (κ2) is 6.73. The average molecular weight is 272 g/mol. The summed E-state index contributed by atoms with van der Waals surface area (Å²) in [6.07, 6.45) is 0. The molecule has 1 aromatic heterocycles. The molecule has 0 radical (unpaired) electrons. The average Bonchev–Trinajstić information content (AvgIpc) is 2.79. The lowest BCUT2D eigenvalue weighted by atomic mass is 10.2. The van der Waals surface area contributed by atoms with Crippen molar-refractivity contribution < 1.29 is 4.42 Å². The van der Waals surface area contributed by atoms with Gasteiger partial charge in [0.05, 0.1) is 6.54 Å². The molecule has 3 heteroatoms. The van der Waals surface area contributed by atoms with Crippen LogP contribution in [0, 0.1) is 6.92 Å². The number of nitrogens with two attached hydrogens (primary N) is 1. The number of hydrogen-bond acceptors (Lipinski definition) is 3. The third kappa shape index (κ3) is 3.71. The molecule has 0 amide bonds. The zero-order valence-corrected chi connectivity index (χ0v) is 12.6. The zero-order chi connectivity index (χ0) is 14.5. The Morgan fingerprint density at radius 3 is 2.40 bits per heavy atom. The molecule has 0 aliphatic carbocycles. The Kier molecular flexibility index (Phi) is 4.99. The van der Waals surface area contributed by atoms with Gasteiger partial charge in [-0.1, -0.05) is 30.3 Å². The van der Waals surface area contributed by atoms with Gasteiger partial charge < -0.3 is 10.2 Å². The summed E-state index contributed by atoms with van der Waals surface area (Å²) in [5, 5.41) is 0. The molecule has 0 unspecified atom stereocenters. The molecule has 3 nitrogen and oxygen atoms in total. The van der Waals surface area contributed by atoms with Gasteiger partial charge in [-0.05, 0) is 32.4 Å². The summed E-state index contributed by atoms with van der Waals surface area (Å²) in [6, 6.07) is 13.1. The van der Waals surface area contributed by atoms with Gasteiger partial charge in [-0.25, -0.2) is 0 Å². The molecule has 0 atom stereocenters. The van der Waals surface area contributed by atoms with Gasteiger partial charge in [0.2, 0.25) is 0 Å². The first-order valence-corrected chi connectivity index (χ1v) is 7.16. The predicted octanol–water partition coefficient (Wildman–Crippen LogP) is 3.46. The van der Waals surface area contributed by atoms with E-state index in [9.17, 15) is 0 Å². The molecular weight excluding hydrogens is 248 g/mol. The summed E-state index contributed by atoms with van der Waals surface area (Å²) >= 11 is 0. The maximum absolute atomic E-state index is 5.80. The van der Waals surface area contributed by atoms with E-state index < -0.39 is 0 Å². The van der Waals surface area contributed by atoms with E-state index in [4.69, 9.17) is 10.2 Å². The van der Waals surface area contributed by atoms with E-state index >= 15 is 0 Å². The molecule has 0 aliphatic heterocycles. The van der Waals surface area contributed by atoms with E-state index in [-0.39, 0.29) is 0 Å². The molecule has 2 N–H and O–H groups in total. The fraction of sp³-hybridized carbons (Fsp3) is 0.412. The molecule has 0 bridgehead atoms. The highest BCUT2D eigenvalue weighted by molar-refractivity contribution is 5.21. The molecule has 2 rings (SSSR count). The Hall–Kier alpha value is -1.58. The lowest BCUT2D eigenvalue weighted by Crippen LogP contribution is -2.29. The van der Waals surface area contributed by atoms with Crippen molar-refractivity contribution in [2.45, 2.75) is 46.4 Å². The van der Waals surface area contributed by atoms with Gasteiger partial charge in [0, 0.05) is 24.7 Å². The Morgan fingerprint density at radius 1 is 1.15 bits per heavy atom. The first-order chi connectivity index (χ1) is 9.60. The van der Waals surface area contributed by atoms with Gasteiger partial charge >= 0.3 is 0 Å². The van der Waals surface area contributed by atoms with Crippen molar-refractivity contribution in [3.8, 4) is 0 Å². The molecule has 1 aromatic carbocycles. The molecule has 108 valence electrons. The van der Waals surface area contributed by atoms with Crippen LogP contribution in [0.15, 0.2) is 40.8 Å². The van der Waals surface area contributed by atoms with Crippen LogP contribution in [0.3, 0.4) is 0 Å². The molecule has 0 fully saturated rings. The van der Waals surface area contributed by atoms with Gasteiger partial charge in [-0.2, -0.15) is 0 Å². The van der Waals surface area contributed by atoms with E-state index in [1.807, 2.05) is 13.0 Å². The maximum atomic E-state index is 5.80. The minimum absolute atomic E-state index is 0.460. The Bertz CT molecular complexity index is 531. The van der Waals surface area contributed by atoms with Crippen LogP contribution in [0.25, 0.3) is 0 Å². The van der Waals surface area contributed by atoms with Crippen molar-refractivity contribution in [1.82, 2.24) is 4.90 Å². The van der Waals surface area contributed by atoms with Gasteiger partial charge in [-0.15, -0.1) is 0 Å². The number of rotatable bonds is 6. The van der Waals surface area contributed by atoms with E-state index in [1.54, 1.807) is 0 Å². The highest BCUT2D eigenvalue weighted by Gasteiger charge is 2.14. The van der Waals surface area contributed by atoms with Crippen molar-refractivity contribution >= 4 is 0 Å². The molecular formula is C17H24N2O. The van der Waals surface area contributed by atoms with Crippen LogP contribution in [0.5, 0.6) is 0 Å². The maximum Gasteiger partial charge on any atom is 0.118 e. The highest BCUT2D eigenvalue weighted by Crippen LogP contribution is 2.18. The summed E-state index contributed by atoms with van der Waals surface area (Å²) < 4.78 is 5.80. The summed E-state index contributed by atoms with van der Waals surface area (Å²) in [5.74, 6) is 1.93. The highest BCUT2D eigenvalue weighted by atomic mass is 16.3. The van der Waals surface area contributed by atoms with E-state index in [0.29, 0.717) is 12.6 Å². The molecule has 0 aliphatic rings. The van der Waals surface area contributed by atoms with Crippen LogP contribution < -0.4 is 5.73 Å². The Labute approximate surface area is 121 Å². The van der Waals surface area contributed by atoms with Gasteiger partial charge in [0.1, 0.15) is 11.5 Å². The molecule has 2 aromatic rings. The summed E-state index contributed by atoms with van der Waals surface area (Å²) in [7, 11) is 0. The molecule has 1 heterocycles. The summed E-state index contributed by atoms with van der Waals surface area (Å²) in [4.78, 5) is 2.40. The van der Waals surface area contributed by atoms with Crippen LogP contribution in [-0.4, -0.2) is 10.9 Å². The minimum Gasteiger partial charge on any atom is -0.465 e. The fourth-order valence-corrected chi connectivity index (χ4v) is 2.31. The third-order valence-corrected chi connectivity index (χ3v) is 3.61. The normalized spacial score (nSPS) is 11.5. The van der Waals surface area contributed by atoms with Crippen LogP contribution >= 0.6 is 0 Å². The van der Waals surface area contributed by atoms with Gasteiger partial charge in [0.25, 0.3) is 0 Å². The van der Waals surface area contributed by atoms with E-state index in [0.717, 1.165) is 30.2 Å². The number of hydrogen-bond donors (Lipinski definition) is 1. The minimum atomic E-state index is 0.460. The van der Waals surface area contributed by atoms with Gasteiger partial charge in [0.15, 0.2) is 0 Å². The van der Waals surface area contributed by atoms with Gasteiger partial charge in [-0.3, -0.25) is 4.90 Å². The van der Waals surface area contributed by atoms with Crippen molar-refractivity contribution in [3.05, 3.63) is 59.0 Å². The van der Waals surface area contributed by atoms with E-state index in [2.05, 4.69) is 49.1 Å². The SMILES string of the molecule is Cc1oc(CN(Cc2ccccc2)C(C)C)cc1CN. The van der Waals surface area contributed by atoms with Crippen molar-refractivity contribution in [3.63, 3.8) is 0 Å². The summed E-state index contributed by atoms with van der Waals surface area (Å²) in [5.41, 5.74) is 8.13. The van der Waals surface area contributed by atoms with Crippen molar-refractivity contribution in [1.29, 1.82) is 0 Å². The topological polar surface area (TPSA) is 42.4 Å².